The molecule has 1 aliphatic heterocycles. The van der Waals surface area contributed by atoms with E-state index in [1.165, 1.54) is 0 Å². The second kappa shape index (κ2) is 8.73. The van der Waals surface area contributed by atoms with E-state index in [9.17, 15) is 4.21 Å². The lowest BCUT2D eigenvalue weighted by Gasteiger charge is -2.39. The summed E-state index contributed by atoms with van der Waals surface area (Å²) in [4.78, 5) is 7.90. The van der Waals surface area contributed by atoms with Gasteiger partial charge in [-0.25, -0.2) is 0 Å². The molecule has 23 heavy (non-hydrogen) atoms. The molecule has 2 rings (SSSR count). The van der Waals surface area contributed by atoms with E-state index >= 15 is 0 Å². The fraction of sp³-hybridized carbons (Fsp3) is 0.588. The van der Waals surface area contributed by atoms with Crippen molar-refractivity contribution in [3.63, 3.8) is 0 Å². The summed E-state index contributed by atoms with van der Waals surface area (Å²) in [5.41, 5.74) is 0. The van der Waals surface area contributed by atoms with Crippen LogP contribution < -0.4 is 5.32 Å². The molecule has 1 fully saturated rings. The molecule has 6 heteroatoms. The summed E-state index contributed by atoms with van der Waals surface area (Å²) in [7, 11) is -0.981. The normalized spacial score (nSPS) is 19.4. The number of benzene rings is 1. The first-order chi connectivity index (χ1) is 11.0. The molecular weight excluding hydrogens is 326 g/mol. The minimum atomic E-state index is -0.981. The summed E-state index contributed by atoms with van der Waals surface area (Å²) in [5, 5.41) is 3.37. The average molecular weight is 354 g/mol. The Morgan fingerprint density at radius 2 is 2.13 bits per heavy atom. The van der Waals surface area contributed by atoms with Crippen LogP contribution >= 0.6 is 11.8 Å². The maximum Gasteiger partial charge on any atom is 0.194 e. The number of hydrogen-bond acceptors (Lipinski definition) is 3. The molecule has 128 valence electrons. The van der Waals surface area contributed by atoms with Crippen molar-refractivity contribution in [3.8, 4) is 0 Å². The van der Waals surface area contributed by atoms with E-state index in [2.05, 4.69) is 31.0 Å². The van der Waals surface area contributed by atoms with Crippen molar-refractivity contribution < 1.29 is 4.21 Å². The van der Waals surface area contributed by atoms with E-state index in [4.69, 9.17) is 4.99 Å². The minimum Gasteiger partial charge on any atom is -0.357 e. The number of nitrogens with one attached hydrogen (secondary N) is 1. The highest BCUT2D eigenvalue weighted by Crippen LogP contribution is 2.29. The van der Waals surface area contributed by atoms with Crippen molar-refractivity contribution in [2.75, 3.05) is 37.7 Å². The van der Waals surface area contributed by atoms with Gasteiger partial charge < -0.3 is 10.2 Å². The zero-order valence-electron chi connectivity index (χ0n) is 14.2. The molecule has 1 atom stereocenters. The molecule has 4 nitrogen and oxygen atoms in total. The number of hydrogen-bond donors (Lipinski definition) is 1. The second-order valence-corrected chi connectivity index (χ2v) is 9.50. The fourth-order valence-electron chi connectivity index (χ4n) is 2.55. The van der Waals surface area contributed by atoms with E-state index < -0.39 is 10.8 Å². The first-order valence-corrected chi connectivity index (χ1v) is 10.4. The topological polar surface area (TPSA) is 44.7 Å². The van der Waals surface area contributed by atoms with Crippen molar-refractivity contribution in [2.45, 2.75) is 30.4 Å². The lowest BCUT2D eigenvalue weighted by atomic mass is 10.2. The number of aliphatic imine (C=N–C) groups is 1. The molecule has 1 aromatic rings. The summed E-state index contributed by atoms with van der Waals surface area (Å²) in [5.74, 6) is 2.63. The van der Waals surface area contributed by atoms with E-state index in [1.807, 2.05) is 42.1 Å². The highest BCUT2D eigenvalue weighted by molar-refractivity contribution is 8.00. The zero-order chi connectivity index (χ0) is 16.7. The predicted molar refractivity (Wildman–Crippen MR) is 102 cm³/mol. The predicted octanol–water partition coefficient (Wildman–Crippen LogP) is 2.59. The largest absolute Gasteiger partial charge is 0.357 e. The van der Waals surface area contributed by atoms with Gasteiger partial charge in [0.1, 0.15) is 0 Å². The van der Waals surface area contributed by atoms with Gasteiger partial charge in [0, 0.05) is 40.8 Å². The second-order valence-electron chi connectivity index (χ2n) is 6.13. The number of guanidine groups is 1. The van der Waals surface area contributed by atoms with Gasteiger partial charge in [-0.15, -0.1) is 0 Å². The van der Waals surface area contributed by atoms with Gasteiger partial charge in [-0.1, -0.05) is 18.2 Å². The van der Waals surface area contributed by atoms with Gasteiger partial charge in [-0.3, -0.25) is 9.20 Å². The number of rotatable bonds is 5. The van der Waals surface area contributed by atoms with E-state index in [1.54, 1.807) is 0 Å². The van der Waals surface area contributed by atoms with Crippen molar-refractivity contribution in [2.24, 2.45) is 4.99 Å². The Balaban J connectivity index is 1.95. The van der Waals surface area contributed by atoms with Crippen molar-refractivity contribution in [3.05, 3.63) is 30.3 Å². The fourth-order valence-corrected chi connectivity index (χ4v) is 4.61. The average Bonchev–Trinajstić information content (AvgIpc) is 2.54. The molecule has 0 radical (unpaired) electrons. The SMILES string of the molecule is CCNC(=NCCS(=O)c1ccccc1)N1CCSC(C)(C)C1. The van der Waals surface area contributed by atoms with E-state index in [0.717, 1.165) is 36.2 Å². The monoisotopic (exact) mass is 353 g/mol. The zero-order valence-corrected chi connectivity index (χ0v) is 15.9. The third kappa shape index (κ3) is 5.84. The van der Waals surface area contributed by atoms with Crippen LogP contribution in [0.3, 0.4) is 0 Å². The molecule has 1 saturated heterocycles. The summed E-state index contributed by atoms with van der Waals surface area (Å²) in [6, 6.07) is 9.62. The van der Waals surface area contributed by atoms with Crippen LogP contribution in [0.2, 0.25) is 0 Å². The Morgan fingerprint density at radius 1 is 1.39 bits per heavy atom. The molecule has 0 aromatic heterocycles. The third-order valence-electron chi connectivity index (χ3n) is 3.60. The number of thioether (sulfide) groups is 1. The Kier molecular flexibility index (Phi) is 6.96. The first kappa shape index (κ1) is 18.3. The molecule has 1 aromatic carbocycles. The molecule has 0 saturated carbocycles. The molecule has 1 N–H and O–H groups in total. The van der Waals surface area contributed by atoms with Gasteiger partial charge in [-0.05, 0) is 32.9 Å². The van der Waals surface area contributed by atoms with Crippen LogP contribution in [0, 0.1) is 0 Å². The van der Waals surface area contributed by atoms with Gasteiger partial charge in [0.2, 0.25) is 0 Å². The van der Waals surface area contributed by atoms with Crippen molar-refractivity contribution in [1.82, 2.24) is 10.2 Å². The standard InChI is InChI=1S/C17H27N3OS2/c1-4-18-16(20-11-12-22-17(2,3)14-20)19-10-13-23(21)15-8-6-5-7-9-15/h5-9H,4,10-14H2,1-3H3,(H,18,19). The highest BCUT2D eigenvalue weighted by Gasteiger charge is 2.28. The van der Waals surface area contributed by atoms with Crippen LogP contribution in [0.5, 0.6) is 0 Å². The molecule has 1 heterocycles. The van der Waals surface area contributed by atoms with E-state index in [0.29, 0.717) is 12.3 Å². The lowest BCUT2D eigenvalue weighted by Crippen LogP contribution is -2.51. The Hall–Kier alpha value is -1.01. The van der Waals surface area contributed by atoms with Crippen molar-refractivity contribution >= 4 is 28.5 Å². The maximum atomic E-state index is 12.3. The molecule has 1 aliphatic rings. The summed E-state index contributed by atoms with van der Waals surface area (Å²) in [6.07, 6.45) is 0. The van der Waals surface area contributed by atoms with Crippen molar-refractivity contribution in [1.29, 1.82) is 0 Å². The molecule has 0 bridgehead atoms. The minimum absolute atomic E-state index is 0.251. The van der Waals surface area contributed by atoms with Gasteiger partial charge in [0.15, 0.2) is 5.96 Å². The maximum absolute atomic E-state index is 12.3. The van der Waals surface area contributed by atoms with Gasteiger partial charge in [0.25, 0.3) is 0 Å². The summed E-state index contributed by atoms with van der Waals surface area (Å²) < 4.78 is 12.5. The molecule has 0 spiro atoms. The summed E-state index contributed by atoms with van der Waals surface area (Å²) >= 11 is 2.01. The highest BCUT2D eigenvalue weighted by atomic mass is 32.2. The van der Waals surface area contributed by atoms with Crippen LogP contribution in [-0.2, 0) is 10.8 Å². The smallest absolute Gasteiger partial charge is 0.194 e. The van der Waals surface area contributed by atoms with E-state index in [-0.39, 0.29) is 4.75 Å². The van der Waals surface area contributed by atoms with Crippen LogP contribution in [0.1, 0.15) is 20.8 Å². The number of nitrogens with zero attached hydrogens (tertiary/aromatic N) is 2. The van der Waals surface area contributed by atoms with Gasteiger partial charge in [0.05, 0.1) is 17.3 Å². The molecule has 1 unspecified atom stereocenters. The summed E-state index contributed by atoms with van der Waals surface area (Å²) in [6.45, 7) is 10.1. The third-order valence-corrected chi connectivity index (χ3v) is 6.25. The van der Waals surface area contributed by atoms with Gasteiger partial charge in [-0.2, -0.15) is 11.8 Å². The van der Waals surface area contributed by atoms with Crippen LogP contribution in [0.25, 0.3) is 0 Å². The Morgan fingerprint density at radius 3 is 2.78 bits per heavy atom. The van der Waals surface area contributed by atoms with Crippen LogP contribution in [-0.4, -0.2) is 57.5 Å². The molecule has 0 amide bonds. The lowest BCUT2D eigenvalue weighted by molar-refractivity contribution is 0.376. The molecule has 0 aliphatic carbocycles. The molecular formula is C17H27N3OS2. The quantitative estimate of drug-likeness (QED) is 0.653. The Bertz CT molecular complexity index is 546. The first-order valence-electron chi connectivity index (χ1n) is 8.12. The van der Waals surface area contributed by atoms with Crippen LogP contribution in [0.15, 0.2) is 40.2 Å². The van der Waals surface area contributed by atoms with Gasteiger partial charge >= 0.3 is 0 Å². The van der Waals surface area contributed by atoms with Crippen LogP contribution in [0.4, 0.5) is 0 Å². The Labute approximate surface area is 146 Å².